The van der Waals surface area contributed by atoms with Crippen LogP contribution in [0.25, 0.3) is 10.9 Å². The van der Waals surface area contributed by atoms with Crippen molar-refractivity contribution in [2.75, 3.05) is 5.32 Å². The molecular weight excluding hydrogens is 274 g/mol. The molecule has 0 saturated carbocycles. The maximum atomic E-state index is 12.8. The van der Waals surface area contributed by atoms with Crippen LogP contribution < -0.4 is 5.32 Å². The molecule has 0 aliphatic heterocycles. The average Bonchev–Trinajstić information content (AvgIpc) is 3.16. The van der Waals surface area contributed by atoms with Crippen LogP contribution in [0.3, 0.4) is 0 Å². The molecule has 2 N–H and O–H groups in total. The van der Waals surface area contributed by atoms with E-state index in [4.69, 9.17) is 0 Å². The molecule has 0 aliphatic rings. The number of aromatic nitrogens is 2. The van der Waals surface area contributed by atoms with Crippen molar-refractivity contribution in [3.8, 4) is 0 Å². The number of aromatic amines is 1. The summed E-state index contributed by atoms with van der Waals surface area (Å²) in [5.41, 5.74) is 1.88. The molecule has 4 nitrogen and oxygen atoms in total. The lowest BCUT2D eigenvalue weighted by molar-refractivity contribution is -0.119. The summed E-state index contributed by atoms with van der Waals surface area (Å²) >= 11 is 0. The highest BCUT2D eigenvalue weighted by atomic mass is 16.2. The molecule has 2 aromatic heterocycles. The van der Waals surface area contributed by atoms with Gasteiger partial charge in [-0.2, -0.15) is 0 Å². The third kappa shape index (κ3) is 2.91. The summed E-state index contributed by atoms with van der Waals surface area (Å²) < 4.78 is 1.98. The topological polar surface area (TPSA) is 49.8 Å². The molecule has 0 unspecified atom stereocenters. The molecule has 0 bridgehead atoms. The third-order valence-electron chi connectivity index (χ3n) is 3.84. The van der Waals surface area contributed by atoms with Gasteiger partial charge in [0.2, 0.25) is 5.91 Å². The van der Waals surface area contributed by atoms with E-state index >= 15 is 0 Å². The minimum Gasteiger partial charge on any atom is -0.361 e. The van der Waals surface area contributed by atoms with E-state index in [0.717, 1.165) is 23.0 Å². The van der Waals surface area contributed by atoms with E-state index in [1.54, 1.807) is 0 Å². The van der Waals surface area contributed by atoms with Gasteiger partial charge in [-0.25, -0.2) is 0 Å². The number of hydrogen-bond donors (Lipinski definition) is 2. The molecule has 1 amide bonds. The van der Waals surface area contributed by atoms with E-state index in [1.807, 2.05) is 59.6 Å². The van der Waals surface area contributed by atoms with Crippen LogP contribution in [0.15, 0.2) is 55.0 Å². The van der Waals surface area contributed by atoms with Gasteiger partial charge in [-0.3, -0.25) is 4.79 Å². The molecule has 0 fully saturated rings. The van der Waals surface area contributed by atoms with Gasteiger partial charge in [0.25, 0.3) is 0 Å². The van der Waals surface area contributed by atoms with Gasteiger partial charge in [-0.15, -0.1) is 0 Å². The Morgan fingerprint density at radius 3 is 2.68 bits per heavy atom. The fraction of sp³-hybridized carbons (Fsp3) is 0.278. The highest BCUT2D eigenvalue weighted by Crippen LogP contribution is 2.25. The highest BCUT2D eigenvalue weighted by Gasteiger charge is 2.21. The van der Waals surface area contributed by atoms with Crippen LogP contribution in [-0.2, 0) is 4.79 Å². The van der Waals surface area contributed by atoms with Crippen molar-refractivity contribution in [2.24, 2.45) is 5.92 Å². The maximum absolute atomic E-state index is 12.8. The summed E-state index contributed by atoms with van der Waals surface area (Å²) in [6.07, 6.45) is 6.59. The number of nitrogens with zero attached hydrogens (tertiary/aromatic N) is 1. The van der Waals surface area contributed by atoms with Gasteiger partial charge >= 0.3 is 0 Å². The number of hydrogen-bond acceptors (Lipinski definition) is 1. The van der Waals surface area contributed by atoms with Crippen molar-refractivity contribution in [1.29, 1.82) is 0 Å². The van der Waals surface area contributed by atoms with Crippen LogP contribution in [0.2, 0.25) is 0 Å². The minimum absolute atomic E-state index is 0.0265. The van der Waals surface area contributed by atoms with E-state index in [-0.39, 0.29) is 11.9 Å². The standard InChI is InChI=1S/C18H21N3O/c1-13(2)12-17(21-10-3-4-11-21)18(22)20-16-7-5-6-15-14(16)8-9-19-15/h3-11,13,17,19H,12H2,1-2H3,(H,20,22)/t17-/m0/s1. The molecule has 2 heterocycles. The summed E-state index contributed by atoms with van der Waals surface area (Å²) in [4.78, 5) is 15.9. The first kappa shape index (κ1) is 14.4. The number of rotatable bonds is 5. The Labute approximate surface area is 130 Å². The molecule has 4 heteroatoms. The van der Waals surface area contributed by atoms with Crippen molar-refractivity contribution < 1.29 is 4.79 Å². The summed E-state index contributed by atoms with van der Waals surface area (Å²) in [6.45, 7) is 4.27. The SMILES string of the molecule is CC(C)C[C@@H](C(=O)Nc1cccc2[nH]ccc12)n1cccc1. The lowest BCUT2D eigenvalue weighted by Crippen LogP contribution is -2.26. The van der Waals surface area contributed by atoms with Gasteiger partial charge < -0.3 is 14.9 Å². The number of H-pyrrole nitrogens is 1. The predicted molar refractivity (Wildman–Crippen MR) is 89.9 cm³/mol. The Morgan fingerprint density at radius 2 is 1.95 bits per heavy atom. The normalized spacial score (nSPS) is 12.7. The van der Waals surface area contributed by atoms with Gasteiger partial charge in [-0.1, -0.05) is 19.9 Å². The van der Waals surface area contributed by atoms with E-state index in [9.17, 15) is 4.79 Å². The molecule has 1 atom stereocenters. The van der Waals surface area contributed by atoms with Crippen molar-refractivity contribution >= 4 is 22.5 Å². The van der Waals surface area contributed by atoms with Gasteiger partial charge in [0.15, 0.2) is 0 Å². The van der Waals surface area contributed by atoms with Gasteiger partial charge in [0, 0.05) is 29.5 Å². The van der Waals surface area contributed by atoms with Crippen molar-refractivity contribution in [2.45, 2.75) is 26.3 Å². The first-order valence-corrected chi connectivity index (χ1v) is 7.64. The summed E-state index contributed by atoms with van der Waals surface area (Å²) in [5.74, 6) is 0.472. The van der Waals surface area contributed by atoms with E-state index in [0.29, 0.717) is 5.92 Å². The summed E-state index contributed by atoms with van der Waals surface area (Å²) in [6, 6.07) is 11.6. The zero-order valence-electron chi connectivity index (χ0n) is 12.9. The van der Waals surface area contributed by atoms with E-state index < -0.39 is 0 Å². The van der Waals surface area contributed by atoms with Crippen LogP contribution in [0.1, 0.15) is 26.3 Å². The predicted octanol–water partition coefficient (Wildman–Crippen LogP) is 4.20. The van der Waals surface area contributed by atoms with Crippen LogP contribution >= 0.6 is 0 Å². The van der Waals surface area contributed by atoms with Gasteiger partial charge in [-0.05, 0) is 42.7 Å². The zero-order chi connectivity index (χ0) is 15.5. The van der Waals surface area contributed by atoms with Crippen LogP contribution in [-0.4, -0.2) is 15.5 Å². The molecule has 0 radical (unpaired) electrons. The molecular formula is C18H21N3O. The van der Waals surface area contributed by atoms with Crippen LogP contribution in [0, 0.1) is 5.92 Å². The molecule has 1 aromatic carbocycles. The molecule has 0 aliphatic carbocycles. The number of amides is 1. The Kier molecular flexibility index (Phi) is 4.00. The van der Waals surface area contributed by atoms with Crippen molar-refractivity contribution in [1.82, 2.24) is 9.55 Å². The number of carbonyl (C=O) groups is 1. The Hall–Kier alpha value is -2.49. The number of nitrogens with one attached hydrogen (secondary N) is 2. The lowest BCUT2D eigenvalue weighted by atomic mass is 10.0. The summed E-state index contributed by atoms with van der Waals surface area (Å²) in [5, 5.41) is 4.12. The Morgan fingerprint density at radius 1 is 1.18 bits per heavy atom. The second kappa shape index (κ2) is 6.10. The monoisotopic (exact) mass is 295 g/mol. The largest absolute Gasteiger partial charge is 0.361 e. The zero-order valence-corrected chi connectivity index (χ0v) is 12.9. The molecule has 3 rings (SSSR count). The maximum Gasteiger partial charge on any atom is 0.247 e. The molecule has 3 aromatic rings. The smallest absolute Gasteiger partial charge is 0.247 e. The van der Waals surface area contributed by atoms with Crippen LogP contribution in [0.5, 0.6) is 0 Å². The van der Waals surface area contributed by atoms with Crippen LogP contribution in [0.4, 0.5) is 5.69 Å². The second-order valence-corrected chi connectivity index (χ2v) is 6.01. The quantitative estimate of drug-likeness (QED) is 0.728. The number of benzene rings is 1. The Bertz CT molecular complexity index is 756. The van der Waals surface area contributed by atoms with Crippen molar-refractivity contribution in [3.05, 3.63) is 55.0 Å². The number of anilines is 1. The van der Waals surface area contributed by atoms with Gasteiger partial charge in [0.05, 0.1) is 5.69 Å². The lowest BCUT2D eigenvalue weighted by Gasteiger charge is -2.20. The first-order valence-electron chi connectivity index (χ1n) is 7.64. The Balaban J connectivity index is 1.86. The van der Waals surface area contributed by atoms with E-state index in [1.165, 1.54) is 0 Å². The number of carbonyl (C=O) groups excluding carboxylic acids is 1. The molecule has 22 heavy (non-hydrogen) atoms. The number of fused-ring (bicyclic) bond motifs is 1. The molecule has 114 valence electrons. The third-order valence-corrected chi connectivity index (χ3v) is 3.84. The van der Waals surface area contributed by atoms with E-state index in [2.05, 4.69) is 24.1 Å². The fourth-order valence-corrected chi connectivity index (χ4v) is 2.78. The van der Waals surface area contributed by atoms with Gasteiger partial charge in [0.1, 0.15) is 6.04 Å². The molecule has 0 saturated heterocycles. The fourth-order valence-electron chi connectivity index (χ4n) is 2.78. The summed E-state index contributed by atoms with van der Waals surface area (Å²) in [7, 11) is 0. The average molecular weight is 295 g/mol. The molecule has 0 spiro atoms. The first-order chi connectivity index (χ1) is 10.6. The second-order valence-electron chi connectivity index (χ2n) is 6.01. The highest BCUT2D eigenvalue weighted by molar-refractivity contribution is 6.02. The minimum atomic E-state index is -0.191. The van der Waals surface area contributed by atoms with Crippen molar-refractivity contribution in [3.63, 3.8) is 0 Å².